The van der Waals surface area contributed by atoms with Crippen molar-refractivity contribution in [2.24, 2.45) is 0 Å². The first kappa shape index (κ1) is 29.4. The fraction of sp³-hybridized carbons (Fsp3) is 0.188. The maximum atomic E-state index is 15.4. The van der Waals surface area contributed by atoms with E-state index < -0.39 is 34.8 Å². The third-order valence-corrected chi connectivity index (χ3v) is 7.07. The van der Waals surface area contributed by atoms with Crippen molar-refractivity contribution in [3.05, 3.63) is 105 Å². The van der Waals surface area contributed by atoms with Crippen LogP contribution in [0.15, 0.2) is 76.6 Å². The first-order valence-electron chi connectivity index (χ1n) is 13.8. The second-order valence-electron chi connectivity index (χ2n) is 10.3. The predicted molar refractivity (Wildman–Crippen MR) is 160 cm³/mol. The van der Waals surface area contributed by atoms with Crippen molar-refractivity contribution in [2.45, 2.75) is 19.9 Å². The summed E-state index contributed by atoms with van der Waals surface area (Å²) in [6, 6.07) is 11.3. The number of nitrogens with one attached hydrogen (secondary N) is 1. The van der Waals surface area contributed by atoms with E-state index in [1.54, 1.807) is 26.0 Å². The molecule has 0 fully saturated rings. The molecule has 2 aromatic heterocycles. The van der Waals surface area contributed by atoms with Gasteiger partial charge >= 0.3 is 5.69 Å². The van der Waals surface area contributed by atoms with Gasteiger partial charge in [-0.25, -0.2) is 18.1 Å². The number of benzene rings is 3. The quantitative estimate of drug-likeness (QED) is 0.264. The monoisotopic (exact) mass is 616 g/mol. The number of aromatic nitrogens is 3. The van der Waals surface area contributed by atoms with Crippen LogP contribution in [0, 0.1) is 11.6 Å². The number of amides is 1. The normalized spacial score (nSPS) is 12.3. The molecule has 0 aliphatic carbocycles. The van der Waals surface area contributed by atoms with Crippen LogP contribution >= 0.6 is 0 Å². The van der Waals surface area contributed by atoms with E-state index in [9.17, 15) is 18.8 Å². The van der Waals surface area contributed by atoms with E-state index in [2.05, 4.69) is 10.3 Å². The van der Waals surface area contributed by atoms with Gasteiger partial charge in [0.15, 0.2) is 23.1 Å². The van der Waals surface area contributed by atoms with Gasteiger partial charge in [0.05, 0.1) is 23.7 Å². The molecule has 45 heavy (non-hydrogen) atoms. The predicted octanol–water partition coefficient (Wildman–Crippen LogP) is 5.23. The highest BCUT2D eigenvalue weighted by atomic mass is 19.1. The van der Waals surface area contributed by atoms with Crippen LogP contribution in [0.25, 0.3) is 16.6 Å². The maximum absolute atomic E-state index is 15.4. The Bertz CT molecular complexity index is 2070. The minimum absolute atomic E-state index is 0.0262. The third-order valence-electron chi connectivity index (χ3n) is 7.07. The average molecular weight is 617 g/mol. The van der Waals surface area contributed by atoms with Crippen molar-refractivity contribution in [2.75, 3.05) is 25.6 Å². The third kappa shape index (κ3) is 5.44. The Hall–Kier alpha value is -5.72. The molecule has 3 heterocycles. The standard InChI is InChI=1S/C32H26F2N4O7/c1-17(2)37-16-21(31(40)38(32(37)41)20-7-4-18(33)5-8-20)30(39)36-19-6-9-24(22(34)14-19)45-25-10-11-35-23-15-26(42-3)28-29(27(23)25)44-13-12-43-28/h4-11,14-17H,12-13H2,1-3H3,(H,36,39). The molecule has 1 aliphatic rings. The molecule has 0 bridgehead atoms. The van der Waals surface area contributed by atoms with Crippen LogP contribution in [-0.2, 0) is 0 Å². The molecule has 5 aromatic rings. The van der Waals surface area contributed by atoms with Crippen LogP contribution in [0.5, 0.6) is 28.7 Å². The van der Waals surface area contributed by atoms with Gasteiger partial charge in [-0.1, -0.05) is 0 Å². The van der Waals surface area contributed by atoms with Crippen molar-refractivity contribution in [1.82, 2.24) is 14.1 Å². The molecule has 1 N–H and O–H groups in total. The Morgan fingerprint density at radius 3 is 2.38 bits per heavy atom. The van der Waals surface area contributed by atoms with Gasteiger partial charge in [-0.05, 0) is 56.3 Å². The number of fused-ring (bicyclic) bond motifs is 3. The van der Waals surface area contributed by atoms with Crippen LogP contribution in [-0.4, -0.2) is 40.3 Å². The van der Waals surface area contributed by atoms with Gasteiger partial charge < -0.3 is 24.3 Å². The number of ether oxygens (including phenoxy) is 4. The molecule has 3 aromatic carbocycles. The highest BCUT2D eigenvalue weighted by Crippen LogP contribution is 2.48. The summed E-state index contributed by atoms with van der Waals surface area (Å²) in [7, 11) is 1.50. The first-order valence-corrected chi connectivity index (χ1v) is 13.8. The highest BCUT2D eigenvalue weighted by molar-refractivity contribution is 6.04. The molecular weight excluding hydrogens is 590 g/mol. The summed E-state index contributed by atoms with van der Waals surface area (Å²) in [6.45, 7) is 4.02. The lowest BCUT2D eigenvalue weighted by Gasteiger charge is -2.23. The Balaban J connectivity index is 1.31. The molecule has 0 spiro atoms. The number of anilines is 1. The lowest BCUT2D eigenvalue weighted by Crippen LogP contribution is -2.42. The minimum Gasteiger partial charge on any atom is -0.493 e. The van der Waals surface area contributed by atoms with Crippen molar-refractivity contribution >= 4 is 22.5 Å². The number of carbonyl (C=O) groups is 1. The topological polar surface area (TPSA) is 123 Å². The van der Waals surface area contributed by atoms with Gasteiger partial charge in [0.1, 0.15) is 30.3 Å². The summed E-state index contributed by atoms with van der Waals surface area (Å²) in [5.74, 6) is -0.984. The lowest BCUT2D eigenvalue weighted by molar-refractivity contribution is 0.102. The van der Waals surface area contributed by atoms with Crippen molar-refractivity contribution < 1.29 is 32.5 Å². The van der Waals surface area contributed by atoms with Crippen LogP contribution in [0.4, 0.5) is 14.5 Å². The molecule has 230 valence electrons. The Morgan fingerprint density at radius 1 is 0.956 bits per heavy atom. The lowest BCUT2D eigenvalue weighted by atomic mass is 10.1. The zero-order chi connectivity index (χ0) is 31.8. The Morgan fingerprint density at radius 2 is 1.69 bits per heavy atom. The van der Waals surface area contributed by atoms with E-state index in [4.69, 9.17) is 18.9 Å². The summed E-state index contributed by atoms with van der Waals surface area (Å²) in [6.07, 6.45) is 2.64. The largest absolute Gasteiger partial charge is 0.493 e. The molecule has 0 radical (unpaired) electrons. The molecule has 0 saturated carbocycles. The molecule has 13 heteroatoms. The van der Waals surface area contributed by atoms with Crippen molar-refractivity contribution in [1.29, 1.82) is 0 Å². The number of hydrogen-bond donors (Lipinski definition) is 1. The van der Waals surface area contributed by atoms with E-state index in [1.165, 1.54) is 42.1 Å². The molecule has 6 rings (SSSR count). The molecule has 1 amide bonds. The molecule has 0 unspecified atom stereocenters. The van der Waals surface area contributed by atoms with Crippen LogP contribution < -0.4 is 35.5 Å². The number of halogens is 2. The van der Waals surface area contributed by atoms with E-state index in [1.807, 2.05) is 0 Å². The maximum Gasteiger partial charge on any atom is 0.335 e. The summed E-state index contributed by atoms with van der Waals surface area (Å²) < 4.78 is 53.8. The summed E-state index contributed by atoms with van der Waals surface area (Å²) in [5, 5.41) is 2.96. The Kier molecular flexibility index (Phi) is 7.67. The van der Waals surface area contributed by atoms with Crippen molar-refractivity contribution in [3.8, 4) is 34.4 Å². The number of rotatable bonds is 7. The summed E-state index contributed by atoms with van der Waals surface area (Å²) >= 11 is 0. The minimum atomic E-state index is -0.919. The molecule has 1 aliphatic heterocycles. The van der Waals surface area contributed by atoms with Gasteiger partial charge in [0, 0.05) is 36.3 Å². The van der Waals surface area contributed by atoms with E-state index in [-0.39, 0.29) is 35.0 Å². The van der Waals surface area contributed by atoms with Crippen molar-refractivity contribution in [3.63, 3.8) is 0 Å². The molecule has 0 saturated heterocycles. The summed E-state index contributed by atoms with van der Waals surface area (Å²) in [4.78, 5) is 44.1. The first-order chi connectivity index (χ1) is 21.7. The fourth-order valence-corrected chi connectivity index (χ4v) is 4.90. The zero-order valence-corrected chi connectivity index (χ0v) is 24.3. The number of hydrogen-bond acceptors (Lipinski definition) is 8. The van der Waals surface area contributed by atoms with E-state index in [0.29, 0.717) is 34.8 Å². The number of methoxy groups -OCH3 is 1. The number of pyridine rings is 1. The Labute approximate surface area is 254 Å². The van der Waals surface area contributed by atoms with Gasteiger partial charge in [0.25, 0.3) is 11.5 Å². The SMILES string of the molecule is COc1cc2nccc(Oc3ccc(NC(=O)c4cn(C(C)C)c(=O)n(-c5ccc(F)cc5)c4=O)cc3F)c2c2c1OCCO2. The van der Waals surface area contributed by atoms with Gasteiger partial charge in [-0.15, -0.1) is 0 Å². The molecule has 0 atom stereocenters. The van der Waals surface area contributed by atoms with Crippen LogP contribution in [0.3, 0.4) is 0 Å². The second-order valence-corrected chi connectivity index (χ2v) is 10.3. The molecule has 11 nitrogen and oxygen atoms in total. The van der Waals surface area contributed by atoms with E-state index >= 15 is 4.39 Å². The van der Waals surface area contributed by atoms with Gasteiger partial charge in [0.2, 0.25) is 5.75 Å². The van der Waals surface area contributed by atoms with Gasteiger partial charge in [-0.3, -0.25) is 19.1 Å². The second kappa shape index (κ2) is 11.8. The fourth-order valence-electron chi connectivity index (χ4n) is 4.90. The number of nitrogens with zero attached hydrogens (tertiary/aromatic N) is 3. The van der Waals surface area contributed by atoms with Gasteiger partial charge in [-0.2, -0.15) is 0 Å². The number of carbonyl (C=O) groups excluding carboxylic acids is 1. The van der Waals surface area contributed by atoms with Crippen LogP contribution in [0.2, 0.25) is 0 Å². The average Bonchev–Trinajstić information content (AvgIpc) is 3.02. The smallest absolute Gasteiger partial charge is 0.335 e. The van der Waals surface area contributed by atoms with E-state index in [0.717, 1.165) is 29.0 Å². The zero-order valence-electron chi connectivity index (χ0n) is 24.3. The highest BCUT2D eigenvalue weighted by Gasteiger charge is 2.25. The molecular formula is C32H26F2N4O7. The van der Waals surface area contributed by atoms with Crippen LogP contribution in [0.1, 0.15) is 30.2 Å². The summed E-state index contributed by atoms with van der Waals surface area (Å²) in [5.41, 5.74) is -1.41.